The van der Waals surface area contributed by atoms with E-state index in [0.717, 1.165) is 18.2 Å². The van der Waals surface area contributed by atoms with E-state index in [0.29, 0.717) is 0 Å². The molecule has 0 radical (unpaired) electrons. The number of carbonyl (C=O) groups is 1. The van der Waals surface area contributed by atoms with Crippen molar-refractivity contribution in [2.45, 2.75) is 6.18 Å². The zero-order valence-corrected chi connectivity index (χ0v) is 11.2. The molecule has 0 bridgehead atoms. The van der Waals surface area contributed by atoms with Crippen LogP contribution >= 0.6 is 0 Å². The number of amides is 1. The maximum Gasteiger partial charge on any atom is 0.416 e. The Balaban J connectivity index is 1.77. The molecule has 0 saturated heterocycles. The number of nitrogens with zero attached hydrogens (tertiary/aromatic N) is 3. The normalized spacial score (nSPS) is 11.4. The Morgan fingerprint density at radius 3 is 2.70 bits per heavy atom. The number of nitrogens with one attached hydrogen (secondary N) is 1. The zero-order valence-electron chi connectivity index (χ0n) is 11.2. The number of halogens is 3. The van der Waals surface area contributed by atoms with Gasteiger partial charge in [0, 0.05) is 11.6 Å². The summed E-state index contributed by atoms with van der Waals surface area (Å²) >= 11 is 0. The minimum Gasteiger partial charge on any atom is -0.400 e. The van der Waals surface area contributed by atoms with Gasteiger partial charge in [0.15, 0.2) is 0 Å². The lowest BCUT2D eigenvalue weighted by atomic mass is 10.1. The fraction of sp³-hybridized carbons (Fsp3) is 0.0769. The second-order valence-electron chi connectivity index (χ2n) is 4.32. The number of carbonyl (C=O) groups excluding carboxylic acids is 1. The molecule has 0 atom stereocenters. The number of rotatable bonds is 3. The lowest BCUT2D eigenvalue weighted by Gasteiger charge is -2.07. The molecule has 3 rings (SSSR count). The van der Waals surface area contributed by atoms with E-state index in [1.807, 2.05) is 0 Å². The molecule has 1 aromatic carbocycles. The average molecular weight is 324 g/mol. The number of anilines is 1. The first-order valence-electron chi connectivity index (χ1n) is 6.16. The van der Waals surface area contributed by atoms with Crippen LogP contribution in [0.4, 0.5) is 19.2 Å². The topological polar surface area (TPSA) is 94.1 Å². The van der Waals surface area contributed by atoms with Gasteiger partial charge in [-0.2, -0.15) is 13.2 Å². The van der Waals surface area contributed by atoms with E-state index >= 15 is 0 Å². The molecule has 2 aromatic heterocycles. The third-order valence-electron chi connectivity index (χ3n) is 2.75. The van der Waals surface area contributed by atoms with E-state index in [9.17, 15) is 18.0 Å². The largest absolute Gasteiger partial charge is 0.416 e. The highest BCUT2D eigenvalue weighted by Crippen LogP contribution is 2.29. The Labute approximate surface area is 126 Å². The van der Waals surface area contributed by atoms with Crippen molar-refractivity contribution < 1.29 is 26.9 Å². The summed E-state index contributed by atoms with van der Waals surface area (Å²) in [6.45, 7) is 0. The number of hydrogen-bond donors (Lipinski definition) is 1. The van der Waals surface area contributed by atoms with E-state index < -0.39 is 17.6 Å². The number of hydrogen-bond acceptors (Lipinski definition) is 6. The van der Waals surface area contributed by atoms with Crippen molar-refractivity contribution >= 4 is 11.9 Å². The highest BCUT2D eigenvalue weighted by Gasteiger charge is 2.31. The second-order valence-corrected chi connectivity index (χ2v) is 4.32. The Morgan fingerprint density at radius 1 is 1.17 bits per heavy atom. The van der Waals surface area contributed by atoms with E-state index in [4.69, 9.17) is 8.94 Å². The summed E-state index contributed by atoms with van der Waals surface area (Å²) in [5, 5.41) is 12.8. The molecular weight excluding hydrogens is 317 g/mol. The summed E-state index contributed by atoms with van der Waals surface area (Å²) in [5.74, 6) is -0.650. The number of benzene rings is 1. The van der Waals surface area contributed by atoms with Crippen LogP contribution in [0.5, 0.6) is 0 Å². The first kappa shape index (κ1) is 14.8. The van der Waals surface area contributed by atoms with Gasteiger partial charge in [-0.05, 0) is 18.2 Å². The van der Waals surface area contributed by atoms with E-state index in [2.05, 4.69) is 20.7 Å². The van der Waals surface area contributed by atoms with Crippen LogP contribution in [0, 0.1) is 0 Å². The molecule has 0 aliphatic rings. The predicted molar refractivity (Wildman–Crippen MR) is 69.2 cm³/mol. The maximum absolute atomic E-state index is 12.6. The van der Waals surface area contributed by atoms with Gasteiger partial charge in [-0.1, -0.05) is 16.3 Å². The van der Waals surface area contributed by atoms with Crippen LogP contribution in [0.15, 0.2) is 45.5 Å². The van der Waals surface area contributed by atoms with Gasteiger partial charge in [0.2, 0.25) is 5.76 Å². The van der Waals surface area contributed by atoms with Crippen LogP contribution in [0.3, 0.4) is 0 Å². The molecule has 0 spiro atoms. The molecule has 118 valence electrons. The van der Waals surface area contributed by atoms with Crippen LogP contribution < -0.4 is 5.32 Å². The minimum absolute atomic E-state index is 0.0261. The van der Waals surface area contributed by atoms with Crippen LogP contribution in [-0.4, -0.2) is 21.3 Å². The number of aromatic nitrogens is 3. The highest BCUT2D eigenvalue weighted by atomic mass is 19.4. The molecule has 3 aromatic rings. The molecular formula is C13H7F3N4O3. The maximum atomic E-state index is 12.6. The van der Waals surface area contributed by atoms with Crippen LogP contribution in [0.25, 0.3) is 11.7 Å². The molecule has 0 fully saturated rings. The molecule has 0 aliphatic heterocycles. The summed E-state index contributed by atoms with van der Waals surface area (Å²) in [6, 6.07) is 5.14. The van der Waals surface area contributed by atoms with Crippen molar-refractivity contribution in [3.8, 4) is 11.7 Å². The molecule has 0 saturated carbocycles. The van der Waals surface area contributed by atoms with Gasteiger partial charge in [-0.3, -0.25) is 10.1 Å². The summed E-state index contributed by atoms with van der Waals surface area (Å²) < 4.78 is 47.8. The smallest absolute Gasteiger partial charge is 0.400 e. The van der Waals surface area contributed by atoms with Gasteiger partial charge < -0.3 is 8.94 Å². The van der Waals surface area contributed by atoms with Crippen LogP contribution in [-0.2, 0) is 6.18 Å². The molecule has 0 aliphatic carbocycles. The van der Waals surface area contributed by atoms with Crippen molar-refractivity contribution in [1.29, 1.82) is 0 Å². The third-order valence-corrected chi connectivity index (χ3v) is 2.75. The van der Waals surface area contributed by atoms with Crippen molar-refractivity contribution in [2.75, 3.05) is 5.32 Å². The fourth-order valence-electron chi connectivity index (χ4n) is 1.71. The Kier molecular flexibility index (Phi) is 3.56. The third kappa shape index (κ3) is 3.20. The number of alkyl halides is 3. The van der Waals surface area contributed by atoms with Gasteiger partial charge >= 0.3 is 12.2 Å². The van der Waals surface area contributed by atoms with Crippen molar-refractivity contribution in [1.82, 2.24) is 15.4 Å². The summed E-state index contributed by atoms with van der Waals surface area (Å²) in [5.41, 5.74) is -1.13. The van der Waals surface area contributed by atoms with E-state index in [-0.39, 0.29) is 23.2 Å². The summed E-state index contributed by atoms with van der Waals surface area (Å²) in [7, 11) is 0. The zero-order chi connectivity index (χ0) is 16.4. The summed E-state index contributed by atoms with van der Waals surface area (Å²) in [4.78, 5) is 11.9. The van der Waals surface area contributed by atoms with Gasteiger partial charge in [-0.25, -0.2) is 0 Å². The second kappa shape index (κ2) is 5.55. The van der Waals surface area contributed by atoms with E-state index in [1.54, 1.807) is 0 Å². The van der Waals surface area contributed by atoms with Gasteiger partial charge in [0.05, 0.1) is 11.8 Å². The van der Waals surface area contributed by atoms with Crippen molar-refractivity contribution in [3.63, 3.8) is 0 Å². The standard InChI is InChI=1S/C13H7F3N4O3/c14-13(15,16)8-3-1-2-7(6-8)10(21)18-12-20-19-11(22-12)9-4-5-17-23-9/h1-6H,(H,18,20,21). The molecule has 2 heterocycles. The highest BCUT2D eigenvalue weighted by molar-refractivity contribution is 6.03. The van der Waals surface area contributed by atoms with Crippen LogP contribution in [0.1, 0.15) is 15.9 Å². The lowest BCUT2D eigenvalue weighted by Crippen LogP contribution is -2.14. The average Bonchev–Trinajstić information content (AvgIpc) is 3.17. The molecule has 7 nitrogen and oxygen atoms in total. The van der Waals surface area contributed by atoms with Crippen molar-refractivity contribution in [3.05, 3.63) is 47.7 Å². The van der Waals surface area contributed by atoms with Crippen LogP contribution in [0.2, 0.25) is 0 Å². The van der Waals surface area contributed by atoms with Gasteiger partial charge in [0.1, 0.15) is 0 Å². The molecule has 10 heteroatoms. The Hall–Kier alpha value is -3.17. The van der Waals surface area contributed by atoms with Gasteiger partial charge in [-0.15, -0.1) is 5.10 Å². The van der Waals surface area contributed by atoms with Crippen molar-refractivity contribution in [2.24, 2.45) is 0 Å². The first-order valence-corrected chi connectivity index (χ1v) is 6.16. The summed E-state index contributed by atoms with van der Waals surface area (Å²) in [6.07, 6.45) is -3.18. The van der Waals surface area contributed by atoms with E-state index in [1.165, 1.54) is 18.3 Å². The lowest BCUT2D eigenvalue weighted by molar-refractivity contribution is -0.137. The molecule has 0 unspecified atom stereocenters. The Morgan fingerprint density at radius 2 is 2.00 bits per heavy atom. The SMILES string of the molecule is O=C(Nc1nnc(-c2ccno2)o1)c1cccc(C(F)(F)F)c1. The quantitative estimate of drug-likeness (QED) is 0.796. The molecule has 23 heavy (non-hydrogen) atoms. The monoisotopic (exact) mass is 324 g/mol. The Bertz CT molecular complexity index is 827. The first-order chi connectivity index (χ1) is 10.9. The molecule has 1 N–H and O–H groups in total. The molecule has 1 amide bonds. The van der Waals surface area contributed by atoms with Gasteiger partial charge in [0.25, 0.3) is 11.8 Å². The fourth-order valence-corrected chi connectivity index (χ4v) is 1.71. The minimum atomic E-state index is -4.54. The predicted octanol–water partition coefficient (Wildman–Crippen LogP) is 3.00.